The highest BCUT2D eigenvalue weighted by Gasteiger charge is 2.00. The van der Waals surface area contributed by atoms with Crippen molar-refractivity contribution >= 4 is 5.96 Å². The van der Waals surface area contributed by atoms with Gasteiger partial charge in [0, 0.05) is 37.9 Å². The number of nitrogens with zero attached hydrogens (tertiary/aromatic N) is 3. The van der Waals surface area contributed by atoms with Crippen molar-refractivity contribution in [1.82, 2.24) is 20.5 Å². The van der Waals surface area contributed by atoms with E-state index in [4.69, 9.17) is 4.99 Å². The van der Waals surface area contributed by atoms with E-state index < -0.39 is 0 Å². The molecule has 0 saturated heterocycles. The molecule has 25 heavy (non-hydrogen) atoms. The molecule has 0 bridgehead atoms. The van der Waals surface area contributed by atoms with Crippen LogP contribution in [0.4, 0.5) is 0 Å². The molecule has 1 aromatic carbocycles. The van der Waals surface area contributed by atoms with Crippen LogP contribution in [0.15, 0.2) is 53.7 Å². The molecular formula is C20H29N5. The van der Waals surface area contributed by atoms with E-state index in [1.54, 1.807) is 0 Å². The van der Waals surface area contributed by atoms with Crippen LogP contribution >= 0.6 is 0 Å². The van der Waals surface area contributed by atoms with Gasteiger partial charge in [-0.15, -0.1) is 0 Å². The number of benzene rings is 1. The van der Waals surface area contributed by atoms with Crippen molar-refractivity contribution < 1.29 is 0 Å². The first-order valence-corrected chi connectivity index (χ1v) is 8.82. The summed E-state index contributed by atoms with van der Waals surface area (Å²) in [6.07, 6.45) is 2.71. The lowest BCUT2D eigenvalue weighted by Gasteiger charge is -2.12. The van der Waals surface area contributed by atoms with Crippen molar-refractivity contribution in [3.8, 4) is 0 Å². The molecule has 134 valence electrons. The highest BCUT2D eigenvalue weighted by atomic mass is 15.2. The van der Waals surface area contributed by atoms with Crippen LogP contribution in [0.25, 0.3) is 0 Å². The number of nitrogens with one attached hydrogen (secondary N) is 2. The van der Waals surface area contributed by atoms with Gasteiger partial charge >= 0.3 is 0 Å². The quantitative estimate of drug-likeness (QED) is 0.573. The van der Waals surface area contributed by atoms with Crippen molar-refractivity contribution in [3.05, 3.63) is 65.5 Å². The van der Waals surface area contributed by atoms with E-state index in [0.717, 1.165) is 37.7 Å². The van der Waals surface area contributed by atoms with Gasteiger partial charge in [-0.05, 0) is 44.3 Å². The fourth-order valence-corrected chi connectivity index (χ4v) is 2.56. The van der Waals surface area contributed by atoms with Crippen molar-refractivity contribution in [2.45, 2.75) is 26.4 Å². The summed E-state index contributed by atoms with van der Waals surface area (Å²) in [6, 6.07) is 14.6. The van der Waals surface area contributed by atoms with Crippen LogP contribution in [0.5, 0.6) is 0 Å². The Morgan fingerprint density at radius 2 is 1.92 bits per heavy atom. The molecular weight excluding hydrogens is 310 g/mol. The predicted octanol–water partition coefficient (Wildman–Crippen LogP) is 2.44. The Morgan fingerprint density at radius 3 is 2.64 bits per heavy atom. The molecule has 0 amide bonds. The summed E-state index contributed by atoms with van der Waals surface area (Å²) < 4.78 is 0. The van der Waals surface area contributed by atoms with Crippen molar-refractivity contribution in [2.24, 2.45) is 4.99 Å². The molecule has 0 aliphatic carbocycles. The van der Waals surface area contributed by atoms with Gasteiger partial charge in [0.05, 0.1) is 6.54 Å². The molecule has 0 unspecified atom stereocenters. The fraction of sp³-hybridized carbons (Fsp3) is 0.400. The normalized spacial score (nSPS) is 11.6. The summed E-state index contributed by atoms with van der Waals surface area (Å²) in [5, 5.41) is 6.67. The summed E-state index contributed by atoms with van der Waals surface area (Å²) in [5.41, 5.74) is 3.62. The van der Waals surface area contributed by atoms with E-state index in [9.17, 15) is 0 Å². The highest BCUT2D eigenvalue weighted by molar-refractivity contribution is 5.79. The summed E-state index contributed by atoms with van der Waals surface area (Å²) >= 11 is 0. The van der Waals surface area contributed by atoms with Gasteiger partial charge in [-0.3, -0.25) is 4.98 Å². The Bertz CT molecular complexity index is 652. The number of rotatable bonds is 8. The molecule has 1 aromatic heterocycles. The maximum Gasteiger partial charge on any atom is 0.191 e. The van der Waals surface area contributed by atoms with Gasteiger partial charge in [-0.1, -0.05) is 30.3 Å². The molecule has 1 heterocycles. The van der Waals surface area contributed by atoms with Crippen molar-refractivity contribution in [3.63, 3.8) is 0 Å². The zero-order valence-corrected chi connectivity index (χ0v) is 15.5. The van der Waals surface area contributed by atoms with Crippen LogP contribution in [0.2, 0.25) is 0 Å². The molecule has 5 nitrogen and oxygen atoms in total. The van der Waals surface area contributed by atoms with Crippen LogP contribution in [0.3, 0.4) is 0 Å². The number of aliphatic imine (C=N–C) groups is 1. The smallest absolute Gasteiger partial charge is 0.191 e. The molecule has 0 fully saturated rings. The molecule has 5 heteroatoms. The summed E-state index contributed by atoms with van der Waals surface area (Å²) in [7, 11) is 4.17. The molecule has 0 aliphatic heterocycles. The maximum atomic E-state index is 4.70. The Balaban J connectivity index is 1.90. The lowest BCUT2D eigenvalue weighted by atomic mass is 10.1. The van der Waals surface area contributed by atoms with E-state index in [1.807, 2.05) is 24.4 Å². The Hall–Kier alpha value is -2.40. The molecule has 0 atom stereocenters. The van der Waals surface area contributed by atoms with Crippen molar-refractivity contribution in [1.29, 1.82) is 0 Å². The summed E-state index contributed by atoms with van der Waals surface area (Å²) in [5.74, 6) is 0.844. The van der Waals surface area contributed by atoms with Gasteiger partial charge in [-0.2, -0.15) is 0 Å². The summed E-state index contributed by atoms with van der Waals surface area (Å²) in [4.78, 5) is 11.2. The lowest BCUT2D eigenvalue weighted by Crippen LogP contribution is -2.38. The van der Waals surface area contributed by atoms with E-state index in [0.29, 0.717) is 6.54 Å². The Labute approximate surface area is 151 Å². The second-order valence-corrected chi connectivity index (χ2v) is 6.25. The van der Waals surface area contributed by atoms with Crippen LogP contribution in [0, 0.1) is 0 Å². The third-order valence-electron chi connectivity index (χ3n) is 3.65. The van der Waals surface area contributed by atoms with E-state index >= 15 is 0 Å². The first kappa shape index (κ1) is 18.9. The minimum absolute atomic E-state index is 0.667. The van der Waals surface area contributed by atoms with E-state index in [-0.39, 0.29) is 0 Å². The standard InChI is InChI=1S/C20H29N5/c1-4-21-20(23-13-11-19-10-5-6-12-22-19)24-15-17-8-7-9-18(14-17)16-25(2)3/h5-10,12,14H,4,11,13,15-16H2,1-3H3,(H2,21,23,24). The first-order chi connectivity index (χ1) is 12.2. The molecule has 0 saturated carbocycles. The molecule has 2 N–H and O–H groups in total. The molecule has 2 rings (SSSR count). The number of hydrogen-bond donors (Lipinski definition) is 2. The number of hydrogen-bond acceptors (Lipinski definition) is 3. The third kappa shape index (κ3) is 7.35. The number of pyridine rings is 1. The van der Waals surface area contributed by atoms with Gasteiger partial charge < -0.3 is 15.5 Å². The van der Waals surface area contributed by atoms with Gasteiger partial charge in [0.1, 0.15) is 0 Å². The minimum atomic E-state index is 0.667. The van der Waals surface area contributed by atoms with E-state index in [1.165, 1.54) is 11.1 Å². The molecule has 2 aromatic rings. The van der Waals surface area contributed by atoms with Gasteiger partial charge in [0.2, 0.25) is 0 Å². The largest absolute Gasteiger partial charge is 0.357 e. The zero-order valence-electron chi connectivity index (χ0n) is 15.5. The van der Waals surface area contributed by atoms with Crippen molar-refractivity contribution in [2.75, 3.05) is 27.2 Å². The summed E-state index contributed by atoms with van der Waals surface area (Å²) in [6.45, 7) is 5.34. The zero-order chi connectivity index (χ0) is 17.9. The average Bonchev–Trinajstić information content (AvgIpc) is 2.60. The SMILES string of the molecule is CCNC(=NCc1cccc(CN(C)C)c1)NCCc1ccccn1. The average molecular weight is 339 g/mol. The first-order valence-electron chi connectivity index (χ1n) is 8.82. The van der Waals surface area contributed by atoms with Gasteiger partial charge in [0.25, 0.3) is 0 Å². The van der Waals surface area contributed by atoms with Crippen LogP contribution in [-0.4, -0.2) is 43.0 Å². The number of guanidine groups is 1. The molecule has 0 spiro atoms. The third-order valence-corrected chi connectivity index (χ3v) is 3.65. The monoisotopic (exact) mass is 339 g/mol. The molecule has 0 radical (unpaired) electrons. The fourth-order valence-electron chi connectivity index (χ4n) is 2.56. The van der Waals surface area contributed by atoms with Gasteiger partial charge in [0.15, 0.2) is 5.96 Å². The number of aromatic nitrogens is 1. The van der Waals surface area contributed by atoms with E-state index in [2.05, 4.69) is 65.8 Å². The Morgan fingerprint density at radius 1 is 1.08 bits per heavy atom. The van der Waals surface area contributed by atoms with Crippen LogP contribution in [-0.2, 0) is 19.5 Å². The second-order valence-electron chi connectivity index (χ2n) is 6.25. The minimum Gasteiger partial charge on any atom is -0.357 e. The van der Waals surface area contributed by atoms with Gasteiger partial charge in [-0.25, -0.2) is 4.99 Å². The molecule has 0 aliphatic rings. The predicted molar refractivity (Wildman–Crippen MR) is 105 cm³/mol. The lowest BCUT2D eigenvalue weighted by molar-refractivity contribution is 0.402. The maximum absolute atomic E-state index is 4.70. The second kappa shape index (κ2) is 10.5. The van der Waals surface area contributed by atoms with Crippen LogP contribution in [0.1, 0.15) is 23.7 Å². The highest BCUT2D eigenvalue weighted by Crippen LogP contribution is 2.08. The van der Waals surface area contributed by atoms with Crippen LogP contribution < -0.4 is 10.6 Å². The topological polar surface area (TPSA) is 52.6 Å². The Kier molecular flexibility index (Phi) is 7.92.